The second kappa shape index (κ2) is 4.11. The molecule has 0 spiro atoms. The number of rotatable bonds is 1. The van der Waals surface area contributed by atoms with Gasteiger partial charge in [-0.2, -0.15) is 5.26 Å². The summed E-state index contributed by atoms with van der Waals surface area (Å²) >= 11 is 0. The maximum atomic E-state index is 8.89. The van der Waals surface area contributed by atoms with Crippen LogP contribution in [-0.2, 0) is 0 Å². The Kier molecular flexibility index (Phi) is 2.45. The highest BCUT2D eigenvalue weighted by molar-refractivity contribution is 5.62. The minimum absolute atomic E-state index is 0.0138. The average Bonchev–Trinajstić information content (AvgIpc) is 2.84. The van der Waals surface area contributed by atoms with Crippen LogP contribution >= 0.6 is 0 Å². The zero-order valence-electron chi connectivity index (χ0n) is 9.93. The normalized spacial score (nSPS) is 17.2. The van der Waals surface area contributed by atoms with Crippen LogP contribution in [0.25, 0.3) is 0 Å². The van der Waals surface area contributed by atoms with Crippen LogP contribution in [0.5, 0.6) is 5.75 Å². The summed E-state index contributed by atoms with van der Waals surface area (Å²) in [6, 6.07) is 11.3. The van der Waals surface area contributed by atoms with Gasteiger partial charge < -0.3 is 14.5 Å². The lowest BCUT2D eigenvalue weighted by Crippen LogP contribution is -2.23. The van der Waals surface area contributed by atoms with Crippen LogP contribution in [0.2, 0.25) is 0 Å². The number of furan rings is 1. The number of benzene rings is 1. The number of aryl methyl sites for hydroxylation is 1. The van der Waals surface area contributed by atoms with E-state index in [9.17, 15) is 0 Å². The molecule has 0 saturated carbocycles. The van der Waals surface area contributed by atoms with Crippen molar-refractivity contribution in [3.63, 3.8) is 0 Å². The fourth-order valence-corrected chi connectivity index (χ4v) is 2.03. The molecule has 0 radical (unpaired) electrons. The lowest BCUT2D eigenvalue weighted by molar-refractivity contribution is 0.268. The van der Waals surface area contributed by atoms with Crippen molar-refractivity contribution >= 4 is 5.69 Å². The summed E-state index contributed by atoms with van der Waals surface area (Å²) in [5.74, 6) is 2.50. The van der Waals surface area contributed by atoms with Crippen LogP contribution < -0.4 is 10.1 Å². The molecule has 0 bridgehead atoms. The fourth-order valence-electron chi connectivity index (χ4n) is 2.03. The number of anilines is 1. The molecule has 1 unspecified atom stereocenters. The maximum Gasteiger partial charge on any atom is 0.142 e. The zero-order chi connectivity index (χ0) is 12.5. The van der Waals surface area contributed by atoms with E-state index in [1.54, 1.807) is 12.1 Å². The van der Waals surface area contributed by atoms with E-state index >= 15 is 0 Å². The molecule has 1 aromatic carbocycles. The number of fused-ring (bicyclic) bond motifs is 1. The molecule has 0 saturated heterocycles. The van der Waals surface area contributed by atoms with Crippen molar-refractivity contribution in [1.29, 1.82) is 5.26 Å². The molecular formula is C14H12N2O2. The first kappa shape index (κ1) is 10.7. The van der Waals surface area contributed by atoms with E-state index in [4.69, 9.17) is 14.4 Å². The Morgan fingerprint density at radius 3 is 2.94 bits per heavy atom. The van der Waals surface area contributed by atoms with Crippen LogP contribution in [0.1, 0.15) is 23.1 Å². The van der Waals surface area contributed by atoms with Crippen molar-refractivity contribution in [3.05, 3.63) is 47.4 Å². The lowest BCUT2D eigenvalue weighted by Gasteiger charge is -2.26. The summed E-state index contributed by atoms with van der Waals surface area (Å²) in [5.41, 5.74) is 1.44. The van der Waals surface area contributed by atoms with E-state index in [-0.39, 0.29) is 6.04 Å². The largest absolute Gasteiger partial charge is 0.489 e. The van der Waals surface area contributed by atoms with Crippen molar-refractivity contribution in [3.8, 4) is 11.8 Å². The van der Waals surface area contributed by atoms with Crippen LogP contribution in [0, 0.1) is 18.3 Å². The van der Waals surface area contributed by atoms with E-state index in [1.807, 2.05) is 25.1 Å². The summed E-state index contributed by atoms with van der Waals surface area (Å²) in [5, 5.41) is 12.2. The maximum absolute atomic E-state index is 8.89. The van der Waals surface area contributed by atoms with Gasteiger partial charge in [0.25, 0.3) is 0 Å². The van der Waals surface area contributed by atoms with E-state index in [2.05, 4.69) is 11.4 Å². The Hall–Kier alpha value is -2.41. The molecule has 0 fully saturated rings. The minimum Gasteiger partial charge on any atom is -0.489 e. The number of ether oxygens (including phenoxy) is 1. The standard InChI is InChI=1S/C14H12N2O2/c1-9-2-4-14(18-9)12-8-17-13-5-3-10(7-15)6-11(13)16-12/h2-6,12,16H,8H2,1H3. The van der Waals surface area contributed by atoms with Crippen molar-refractivity contribution in [2.24, 2.45) is 0 Å². The molecule has 2 aromatic rings. The van der Waals surface area contributed by atoms with E-state index in [1.165, 1.54) is 0 Å². The second-order valence-corrected chi connectivity index (χ2v) is 4.28. The first-order valence-corrected chi connectivity index (χ1v) is 5.76. The fraction of sp³-hybridized carbons (Fsp3) is 0.214. The Labute approximate surface area is 105 Å². The zero-order valence-corrected chi connectivity index (χ0v) is 9.93. The minimum atomic E-state index is -0.0138. The first-order chi connectivity index (χ1) is 8.76. The van der Waals surface area contributed by atoms with Gasteiger partial charge in [0.1, 0.15) is 29.9 Å². The predicted octanol–water partition coefficient (Wildman–Crippen LogP) is 3.01. The topological polar surface area (TPSA) is 58.2 Å². The Morgan fingerprint density at radius 2 is 2.22 bits per heavy atom. The van der Waals surface area contributed by atoms with Crippen molar-refractivity contribution in [2.45, 2.75) is 13.0 Å². The van der Waals surface area contributed by atoms with Crippen LogP contribution in [-0.4, -0.2) is 6.61 Å². The molecule has 18 heavy (non-hydrogen) atoms. The van der Waals surface area contributed by atoms with Crippen LogP contribution in [0.15, 0.2) is 34.7 Å². The van der Waals surface area contributed by atoms with Crippen molar-refractivity contribution < 1.29 is 9.15 Å². The van der Waals surface area contributed by atoms with E-state index in [0.29, 0.717) is 12.2 Å². The van der Waals surface area contributed by atoms with Crippen molar-refractivity contribution in [1.82, 2.24) is 0 Å². The summed E-state index contributed by atoms with van der Waals surface area (Å²) in [7, 11) is 0. The van der Waals surface area contributed by atoms with Crippen LogP contribution in [0.3, 0.4) is 0 Å². The highest BCUT2D eigenvalue weighted by Crippen LogP contribution is 2.34. The first-order valence-electron chi connectivity index (χ1n) is 5.76. The highest BCUT2D eigenvalue weighted by Gasteiger charge is 2.22. The number of hydrogen-bond donors (Lipinski definition) is 1. The predicted molar refractivity (Wildman–Crippen MR) is 66.5 cm³/mol. The average molecular weight is 240 g/mol. The SMILES string of the molecule is Cc1ccc(C2COc3ccc(C#N)cc3N2)o1. The van der Waals surface area contributed by atoms with E-state index < -0.39 is 0 Å². The molecule has 4 heteroatoms. The third kappa shape index (κ3) is 1.80. The molecular weight excluding hydrogens is 228 g/mol. The number of nitrogens with zero attached hydrogens (tertiary/aromatic N) is 1. The van der Waals surface area contributed by atoms with Gasteiger partial charge in [-0.25, -0.2) is 0 Å². The van der Waals surface area contributed by atoms with Gasteiger partial charge in [0, 0.05) is 0 Å². The molecule has 90 valence electrons. The van der Waals surface area contributed by atoms with Gasteiger partial charge in [0.15, 0.2) is 0 Å². The molecule has 1 N–H and O–H groups in total. The Bertz CT molecular complexity index is 625. The number of hydrogen-bond acceptors (Lipinski definition) is 4. The van der Waals surface area contributed by atoms with Gasteiger partial charge >= 0.3 is 0 Å². The summed E-state index contributed by atoms with van der Waals surface area (Å²) in [6.45, 7) is 2.43. The van der Waals surface area contributed by atoms with Gasteiger partial charge in [-0.05, 0) is 37.3 Å². The summed E-state index contributed by atoms with van der Waals surface area (Å²) in [6.07, 6.45) is 0. The van der Waals surface area contributed by atoms with Crippen molar-refractivity contribution in [2.75, 3.05) is 11.9 Å². The molecule has 1 aliphatic rings. The molecule has 1 aromatic heterocycles. The molecule has 4 nitrogen and oxygen atoms in total. The van der Waals surface area contributed by atoms with Gasteiger partial charge in [-0.3, -0.25) is 0 Å². The Morgan fingerprint density at radius 1 is 1.33 bits per heavy atom. The molecule has 3 rings (SSSR count). The third-order valence-electron chi connectivity index (χ3n) is 2.95. The Balaban J connectivity index is 1.90. The van der Waals surface area contributed by atoms with Gasteiger partial charge in [0.05, 0.1) is 17.3 Å². The third-order valence-corrected chi connectivity index (χ3v) is 2.95. The van der Waals surface area contributed by atoms with Gasteiger partial charge in [0.2, 0.25) is 0 Å². The highest BCUT2D eigenvalue weighted by atomic mass is 16.5. The quantitative estimate of drug-likeness (QED) is 0.832. The summed E-state index contributed by atoms with van der Waals surface area (Å²) in [4.78, 5) is 0. The molecule has 0 amide bonds. The molecule has 1 aliphatic heterocycles. The smallest absolute Gasteiger partial charge is 0.142 e. The number of nitriles is 1. The van der Waals surface area contributed by atoms with Crippen LogP contribution in [0.4, 0.5) is 5.69 Å². The molecule has 1 atom stereocenters. The number of nitrogens with one attached hydrogen (secondary N) is 1. The molecule has 0 aliphatic carbocycles. The monoisotopic (exact) mass is 240 g/mol. The summed E-state index contributed by atoms with van der Waals surface area (Å²) < 4.78 is 11.3. The van der Waals surface area contributed by atoms with Gasteiger partial charge in [-0.15, -0.1) is 0 Å². The second-order valence-electron chi connectivity index (χ2n) is 4.28. The molecule has 2 heterocycles. The van der Waals surface area contributed by atoms with E-state index in [0.717, 1.165) is 23.0 Å². The lowest BCUT2D eigenvalue weighted by atomic mass is 10.1. The van der Waals surface area contributed by atoms with Gasteiger partial charge in [-0.1, -0.05) is 0 Å².